The lowest BCUT2D eigenvalue weighted by atomic mass is 9.67. The quantitative estimate of drug-likeness (QED) is 0.163. The number of hydrogen-bond donors (Lipinski definition) is 6. The molecule has 0 aliphatic heterocycles. The van der Waals surface area contributed by atoms with Crippen LogP contribution >= 0.6 is 11.8 Å². The molecule has 0 heterocycles. The third-order valence-corrected chi connectivity index (χ3v) is 9.36. The Bertz CT molecular complexity index is 1310. The number of Topliss-reactive ketones (excluding diaryl/α,β-unsaturated/α-hetero) is 1. The molecule has 0 radical (unpaired) electrons. The molecule has 3 rings (SSSR count). The van der Waals surface area contributed by atoms with Crippen LogP contribution in [-0.2, 0) is 28.8 Å². The van der Waals surface area contributed by atoms with E-state index in [1.165, 1.54) is 18.7 Å². The third-order valence-electron chi connectivity index (χ3n) is 8.29. The molecule has 1 saturated carbocycles. The van der Waals surface area contributed by atoms with E-state index in [9.17, 15) is 33.9 Å². The fraction of sp³-hybridized carbons (Fsp3) is 0.600. The maximum atomic E-state index is 13.3. The molecule has 1 fully saturated rings. The Morgan fingerprint density at radius 1 is 1.00 bits per heavy atom. The molecule has 4 amide bonds. The molecule has 43 heavy (non-hydrogen) atoms. The standard InChI is InChI=1S/C30H42N4O8S/c1-15(2)9-21(27(40)32-11-23(36)31-12-24(37)38)34-28(41)22(33-18(5)35)14-43-13-20-16(3)10-19-25(20)17(4)30(7-8-30)29(6,42)26(19)39/h10,15,21-22,42H,7-9,11-14H2,1-6H3,(H,31,36)(H,32,40)(H,33,35)(H,34,41)(H,37,38)/t21-,22+,29-/m0/s1. The zero-order valence-corrected chi connectivity index (χ0v) is 26.3. The van der Waals surface area contributed by atoms with Gasteiger partial charge in [0.05, 0.1) is 6.54 Å². The monoisotopic (exact) mass is 618 g/mol. The van der Waals surface area contributed by atoms with Gasteiger partial charge < -0.3 is 31.5 Å². The number of hydrogen-bond acceptors (Lipinski definition) is 8. The van der Waals surface area contributed by atoms with E-state index < -0.39 is 65.8 Å². The normalized spacial score (nSPS) is 21.7. The van der Waals surface area contributed by atoms with E-state index in [4.69, 9.17) is 5.11 Å². The fourth-order valence-electron chi connectivity index (χ4n) is 5.81. The highest BCUT2D eigenvalue weighted by Gasteiger charge is 2.65. The maximum absolute atomic E-state index is 13.3. The molecular formula is C30H42N4O8S. The number of carboxylic acids is 1. The minimum absolute atomic E-state index is 0.00899. The first kappa shape index (κ1) is 34.0. The predicted octanol–water partition coefficient (Wildman–Crippen LogP) is 0.759. The van der Waals surface area contributed by atoms with Crippen LogP contribution in [-0.4, -0.2) is 87.9 Å². The van der Waals surface area contributed by atoms with Crippen LogP contribution in [0, 0.1) is 11.3 Å². The summed E-state index contributed by atoms with van der Waals surface area (Å²) in [5, 5.41) is 29.7. The minimum atomic E-state index is -1.44. The van der Waals surface area contributed by atoms with Gasteiger partial charge in [-0.1, -0.05) is 19.4 Å². The third kappa shape index (κ3) is 7.56. The van der Waals surface area contributed by atoms with Crippen molar-refractivity contribution >= 4 is 47.1 Å². The van der Waals surface area contributed by atoms with Crippen molar-refractivity contribution in [3.8, 4) is 0 Å². The number of carbonyl (C=O) groups excluding carboxylic acids is 5. The van der Waals surface area contributed by atoms with Crippen LogP contribution in [0.25, 0.3) is 0 Å². The molecule has 0 aromatic carbocycles. The van der Waals surface area contributed by atoms with Crippen LogP contribution in [0.5, 0.6) is 0 Å². The van der Waals surface area contributed by atoms with E-state index in [1.807, 2.05) is 33.8 Å². The molecule has 0 saturated heterocycles. The number of aliphatic hydroxyl groups is 1. The van der Waals surface area contributed by atoms with Gasteiger partial charge >= 0.3 is 5.97 Å². The molecule has 0 aromatic heterocycles. The summed E-state index contributed by atoms with van der Waals surface area (Å²) in [6.07, 6.45) is 3.57. The molecule has 3 atom stereocenters. The zero-order valence-electron chi connectivity index (χ0n) is 25.5. The van der Waals surface area contributed by atoms with E-state index in [-0.39, 0.29) is 23.9 Å². The molecule has 1 spiro atoms. The number of allylic oxidation sites excluding steroid dienone is 3. The summed E-state index contributed by atoms with van der Waals surface area (Å²) >= 11 is 1.41. The van der Waals surface area contributed by atoms with E-state index in [2.05, 4.69) is 21.3 Å². The molecule has 3 aliphatic rings. The van der Waals surface area contributed by atoms with E-state index in [0.29, 0.717) is 11.3 Å². The Hall–Kier alpha value is -3.45. The molecule has 0 unspecified atom stereocenters. The lowest BCUT2D eigenvalue weighted by Gasteiger charge is -2.39. The van der Waals surface area contributed by atoms with Crippen molar-refractivity contribution in [3.63, 3.8) is 0 Å². The molecule has 0 bridgehead atoms. The van der Waals surface area contributed by atoms with Crippen LogP contribution in [0.3, 0.4) is 0 Å². The summed E-state index contributed by atoms with van der Waals surface area (Å²) in [6.45, 7) is 9.47. The first-order valence-electron chi connectivity index (χ1n) is 14.3. The Kier molecular flexibility index (Phi) is 10.7. The minimum Gasteiger partial charge on any atom is -0.480 e. The summed E-state index contributed by atoms with van der Waals surface area (Å²) in [5.41, 5.74) is 2.30. The van der Waals surface area contributed by atoms with Crippen molar-refractivity contribution in [2.75, 3.05) is 24.6 Å². The molecule has 236 valence electrons. The van der Waals surface area contributed by atoms with Gasteiger partial charge in [-0.25, -0.2) is 0 Å². The number of aliphatic carboxylic acids is 1. The van der Waals surface area contributed by atoms with Gasteiger partial charge in [-0.15, -0.1) is 0 Å². The Morgan fingerprint density at radius 2 is 1.65 bits per heavy atom. The van der Waals surface area contributed by atoms with Crippen LogP contribution in [0.15, 0.2) is 33.9 Å². The van der Waals surface area contributed by atoms with Crippen molar-refractivity contribution in [1.82, 2.24) is 21.3 Å². The number of carboxylic acid groups (broad SMARTS) is 1. The number of thioether (sulfide) groups is 1. The highest BCUT2D eigenvalue weighted by molar-refractivity contribution is 7.99. The van der Waals surface area contributed by atoms with Gasteiger partial charge in [0.2, 0.25) is 23.6 Å². The van der Waals surface area contributed by atoms with Gasteiger partial charge in [-0.3, -0.25) is 28.8 Å². The molecule has 6 N–H and O–H groups in total. The number of rotatable bonds is 14. The van der Waals surface area contributed by atoms with Crippen molar-refractivity contribution in [2.24, 2.45) is 11.3 Å². The molecule has 3 aliphatic carbocycles. The average Bonchev–Trinajstić information content (AvgIpc) is 3.67. The second-order valence-electron chi connectivity index (χ2n) is 12.1. The molecule has 0 aromatic rings. The van der Waals surface area contributed by atoms with Crippen molar-refractivity contribution in [3.05, 3.63) is 33.9 Å². The van der Waals surface area contributed by atoms with E-state index in [0.717, 1.165) is 35.1 Å². The second-order valence-corrected chi connectivity index (χ2v) is 13.1. The lowest BCUT2D eigenvalue weighted by molar-refractivity contribution is -0.138. The number of nitrogens with one attached hydrogen (secondary N) is 4. The number of ketones is 1. The zero-order chi connectivity index (χ0) is 32.3. The summed E-state index contributed by atoms with van der Waals surface area (Å²) in [4.78, 5) is 73.8. The largest absolute Gasteiger partial charge is 0.480 e. The Morgan fingerprint density at radius 3 is 2.21 bits per heavy atom. The Balaban J connectivity index is 1.67. The van der Waals surface area contributed by atoms with Gasteiger partial charge in [0.1, 0.15) is 24.2 Å². The van der Waals surface area contributed by atoms with Gasteiger partial charge in [-0.05, 0) is 68.7 Å². The summed E-state index contributed by atoms with van der Waals surface area (Å²) < 4.78 is 0. The van der Waals surface area contributed by atoms with Crippen LogP contribution in [0.4, 0.5) is 0 Å². The lowest BCUT2D eigenvalue weighted by Crippen LogP contribution is -2.55. The average molecular weight is 619 g/mol. The summed E-state index contributed by atoms with van der Waals surface area (Å²) in [7, 11) is 0. The van der Waals surface area contributed by atoms with Crippen LogP contribution in [0.2, 0.25) is 0 Å². The highest BCUT2D eigenvalue weighted by atomic mass is 32.2. The van der Waals surface area contributed by atoms with Crippen molar-refractivity contribution in [1.29, 1.82) is 0 Å². The molecule has 13 heteroatoms. The first-order valence-corrected chi connectivity index (χ1v) is 15.5. The van der Waals surface area contributed by atoms with Gasteiger partial charge in [0.25, 0.3) is 0 Å². The van der Waals surface area contributed by atoms with Gasteiger partial charge in [0.15, 0.2) is 5.78 Å². The van der Waals surface area contributed by atoms with Crippen LogP contribution in [0.1, 0.15) is 60.8 Å². The van der Waals surface area contributed by atoms with E-state index in [1.54, 1.807) is 6.92 Å². The maximum Gasteiger partial charge on any atom is 0.322 e. The summed E-state index contributed by atoms with van der Waals surface area (Å²) in [6, 6.07) is -1.95. The number of amides is 4. The van der Waals surface area contributed by atoms with Crippen molar-refractivity contribution < 1.29 is 39.0 Å². The SMILES string of the molecule is CC(=O)N[C@H](CSCC1=C(C)C=C2C(=O)[C@](C)(O)C3(CC3)C(C)=C21)C(=O)N[C@@H](CC(C)C)C(=O)NCC(=O)NCC(=O)O. The molecule has 12 nitrogen and oxygen atoms in total. The topological polar surface area (TPSA) is 191 Å². The predicted molar refractivity (Wildman–Crippen MR) is 161 cm³/mol. The second kappa shape index (κ2) is 13.5. The van der Waals surface area contributed by atoms with Gasteiger partial charge in [-0.2, -0.15) is 11.8 Å². The molecular weight excluding hydrogens is 576 g/mol. The fourth-order valence-corrected chi connectivity index (χ4v) is 6.97. The number of carbonyl (C=O) groups is 6. The van der Waals surface area contributed by atoms with Gasteiger partial charge in [0, 0.05) is 29.4 Å². The van der Waals surface area contributed by atoms with Crippen molar-refractivity contribution in [2.45, 2.75) is 78.5 Å². The summed E-state index contributed by atoms with van der Waals surface area (Å²) in [5.74, 6) is -3.11. The Labute approximate surface area is 255 Å². The smallest absolute Gasteiger partial charge is 0.322 e. The van der Waals surface area contributed by atoms with Crippen LogP contribution < -0.4 is 21.3 Å². The van der Waals surface area contributed by atoms with E-state index >= 15 is 0 Å². The highest BCUT2D eigenvalue weighted by Crippen LogP contribution is 2.65. The number of fused-ring (bicyclic) bond motifs is 1. The first-order chi connectivity index (χ1) is 20.0.